The van der Waals surface area contributed by atoms with Crippen LogP contribution in [0.4, 0.5) is 11.4 Å². The van der Waals surface area contributed by atoms with Gasteiger partial charge in [0.2, 0.25) is 0 Å². The van der Waals surface area contributed by atoms with Crippen LogP contribution < -0.4 is 5.32 Å². The first-order valence-electron chi connectivity index (χ1n) is 11.6. The maximum atomic E-state index is 12.8. The van der Waals surface area contributed by atoms with Gasteiger partial charge in [0.25, 0.3) is 0 Å². The zero-order chi connectivity index (χ0) is 25.7. The Morgan fingerprint density at radius 2 is 1.63 bits per heavy atom. The van der Waals surface area contributed by atoms with E-state index in [9.17, 15) is 15.0 Å². The molecule has 0 aliphatic heterocycles. The van der Waals surface area contributed by atoms with Crippen LogP contribution in [0.5, 0.6) is 5.75 Å². The van der Waals surface area contributed by atoms with Gasteiger partial charge < -0.3 is 20.4 Å². The molecule has 4 atom stereocenters. The summed E-state index contributed by atoms with van der Waals surface area (Å²) in [6.07, 6.45) is 0.802. The van der Waals surface area contributed by atoms with Gasteiger partial charge in [-0.25, -0.2) is 0 Å². The first-order chi connectivity index (χ1) is 16.6. The molecule has 0 aliphatic rings. The number of benzene rings is 3. The lowest BCUT2D eigenvalue weighted by Crippen LogP contribution is -2.44. The molecule has 186 valence electrons. The maximum absolute atomic E-state index is 12.8. The average Bonchev–Trinajstić information content (AvgIpc) is 2.80. The number of hydrogen-bond acceptors (Lipinski definition) is 4. The number of carboxylic acid groups (broad SMARTS) is 1. The molecule has 0 bridgehead atoms. The number of nitrogens with zero attached hydrogens (tertiary/aromatic N) is 1. The highest BCUT2D eigenvalue weighted by Gasteiger charge is 2.39. The number of para-hydroxylation sites is 2. The molecule has 3 N–H and O–H groups in total. The molecule has 0 aromatic heterocycles. The quantitative estimate of drug-likeness (QED) is 0.263. The fourth-order valence-corrected chi connectivity index (χ4v) is 5.57. The number of aromatic hydroxyl groups is 1. The third-order valence-electron chi connectivity index (χ3n) is 6.63. The Balaban J connectivity index is 2.08. The lowest BCUT2D eigenvalue weighted by Gasteiger charge is -2.39. The number of carboxylic acids is 1. The number of aliphatic carboxylic acids is 1. The van der Waals surface area contributed by atoms with Gasteiger partial charge in [0.15, 0.2) is 0 Å². The van der Waals surface area contributed by atoms with Gasteiger partial charge >= 0.3 is 5.97 Å². The highest BCUT2D eigenvalue weighted by Crippen LogP contribution is 2.41. The Labute approximate surface area is 217 Å². The summed E-state index contributed by atoms with van der Waals surface area (Å²) in [6, 6.07) is 19.5. The van der Waals surface area contributed by atoms with E-state index in [0.29, 0.717) is 27.0 Å². The molecule has 5 nitrogen and oxygen atoms in total. The highest BCUT2D eigenvalue weighted by atomic mass is 35.5. The number of rotatable bonds is 10. The number of anilines is 2. The van der Waals surface area contributed by atoms with E-state index in [1.54, 1.807) is 30.3 Å². The van der Waals surface area contributed by atoms with E-state index in [0.717, 1.165) is 12.0 Å². The largest absolute Gasteiger partial charge is 0.508 e. The summed E-state index contributed by atoms with van der Waals surface area (Å²) < 4.78 is 0. The molecule has 7 heteroatoms. The second-order valence-corrected chi connectivity index (χ2v) is 9.86. The molecule has 3 rings (SSSR count). The summed E-state index contributed by atoms with van der Waals surface area (Å²) in [6.45, 7) is 4.17. The van der Waals surface area contributed by atoms with Crippen molar-refractivity contribution in [2.24, 2.45) is 5.92 Å². The summed E-state index contributed by atoms with van der Waals surface area (Å²) in [4.78, 5) is 14.8. The average molecular weight is 515 g/mol. The molecule has 0 radical (unpaired) electrons. The molecule has 3 aromatic carbocycles. The number of nitrogens with one attached hydrogen (secondary N) is 1. The lowest BCUT2D eigenvalue weighted by molar-refractivity contribution is -0.141. The Bertz CT molecular complexity index is 1150. The van der Waals surface area contributed by atoms with Crippen LogP contribution in [0.3, 0.4) is 0 Å². The van der Waals surface area contributed by atoms with Gasteiger partial charge in [0.05, 0.1) is 21.7 Å². The van der Waals surface area contributed by atoms with Crippen molar-refractivity contribution >= 4 is 40.5 Å². The first-order valence-corrected chi connectivity index (χ1v) is 12.4. The van der Waals surface area contributed by atoms with Crippen LogP contribution in [0, 0.1) is 5.92 Å². The highest BCUT2D eigenvalue weighted by molar-refractivity contribution is 6.39. The van der Waals surface area contributed by atoms with Crippen molar-refractivity contribution in [3.63, 3.8) is 0 Å². The standard InChI is InChI=1S/C28H32Cl2N2O3/c1-5-20(18-10-8-11-19(33)16-18)17(2)27(32(3)4)25(28(34)35)21-12-6-7-15-24(21)31-26-22(29)13-9-14-23(26)30/h6-17,20,25,27,31,33H,5H2,1-4H3,(H,34,35). The fourth-order valence-electron chi connectivity index (χ4n) is 5.07. The molecule has 4 unspecified atom stereocenters. The summed E-state index contributed by atoms with van der Waals surface area (Å²) in [5, 5.41) is 24.7. The number of carbonyl (C=O) groups is 1. The van der Waals surface area contributed by atoms with Crippen molar-refractivity contribution in [2.45, 2.75) is 38.1 Å². The van der Waals surface area contributed by atoms with Crippen molar-refractivity contribution in [3.8, 4) is 5.75 Å². The van der Waals surface area contributed by atoms with Gasteiger partial charge in [-0.15, -0.1) is 0 Å². The molecule has 0 fully saturated rings. The third-order valence-corrected chi connectivity index (χ3v) is 7.26. The Kier molecular flexibility index (Phi) is 9.06. The molecule has 0 heterocycles. The van der Waals surface area contributed by atoms with Crippen LogP contribution in [-0.4, -0.2) is 41.2 Å². The number of phenolic OH excluding ortho intramolecular Hbond substituents is 1. The second kappa shape index (κ2) is 11.8. The van der Waals surface area contributed by atoms with E-state index in [-0.39, 0.29) is 23.6 Å². The van der Waals surface area contributed by atoms with Crippen LogP contribution in [0.2, 0.25) is 10.0 Å². The van der Waals surface area contributed by atoms with Crippen LogP contribution in [0.15, 0.2) is 66.7 Å². The van der Waals surface area contributed by atoms with Gasteiger partial charge in [-0.3, -0.25) is 4.79 Å². The lowest BCUT2D eigenvalue weighted by atomic mass is 9.74. The minimum absolute atomic E-state index is 0.0464. The van der Waals surface area contributed by atoms with Gasteiger partial charge in [0, 0.05) is 11.7 Å². The van der Waals surface area contributed by atoms with Crippen molar-refractivity contribution in [2.75, 3.05) is 19.4 Å². The first kappa shape index (κ1) is 26.9. The fraction of sp³-hybridized carbons (Fsp3) is 0.321. The zero-order valence-corrected chi connectivity index (χ0v) is 21.9. The predicted octanol–water partition coefficient (Wildman–Crippen LogP) is 7.37. The molecular formula is C28H32Cl2N2O3. The molecule has 0 amide bonds. The van der Waals surface area contributed by atoms with E-state index in [1.165, 1.54) is 0 Å². The smallest absolute Gasteiger partial charge is 0.312 e. The third kappa shape index (κ3) is 6.10. The summed E-state index contributed by atoms with van der Waals surface area (Å²) in [5.41, 5.74) is 2.81. The molecular weight excluding hydrogens is 483 g/mol. The zero-order valence-electron chi connectivity index (χ0n) is 20.4. The predicted molar refractivity (Wildman–Crippen MR) is 144 cm³/mol. The molecule has 3 aromatic rings. The Morgan fingerprint density at radius 3 is 2.20 bits per heavy atom. The van der Waals surface area contributed by atoms with Gasteiger partial charge in [-0.05, 0) is 73.8 Å². The molecule has 0 aliphatic carbocycles. The van der Waals surface area contributed by atoms with Gasteiger partial charge in [-0.2, -0.15) is 0 Å². The Morgan fingerprint density at radius 1 is 1.00 bits per heavy atom. The second-order valence-electron chi connectivity index (χ2n) is 9.05. The molecule has 0 saturated heterocycles. The number of hydrogen-bond donors (Lipinski definition) is 3. The summed E-state index contributed by atoms with van der Waals surface area (Å²) in [7, 11) is 3.82. The molecule has 0 saturated carbocycles. The van der Waals surface area contributed by atoms with E-state index in [4.69, 9.17) is 23.2 Å². The Hall–Kier alpha value is -2.73. The normalized spacial score (nSPS) is 14.8. The van der Waals surface area contributed by atoms with Crippen molar-refractivity contribution < 1.29 is 15.0 Å². The van der Waals surface area contributed by atoms with Crippen molar-refractivity contribution in [3.05, 3.63) is 87.9 Å². The molecule has 35 heavy (non-hydrogen) atoms. The monoisotopic (exact) mass is 514 g/mol. The SMILES string of the molecule is CCC(c1cccc(O)c1)C(C)C(C(C(=O)O)c1ccccc1Nc1c(Cl)cccc1Cl)N(C)C. The van der Waals surface area contributed by atoms with Gasteiger partial charge in [0.1, 0.15) is 5.75 Å². The number of likely N-dealkylation sites (N-methyl/N-ethyl adjacent to an activating group) is 1. The van der Waals surface area contributed by atoms with Crippen LogP contribution in [0.1, 0.15) is 43.2 Å². The van der Waals surface area contributed by atoms with E-state index in [1.807, 2.05) is 55.4 Å². The maximum Gasteiger partial charge on any atom is 0.312 e. The van der Waals surface area contributed by atoms with E-state index < -0.39 is 11.9 Å². The molecule has 0 spiro atoms. The topological polar surface area (TPSA) is 72.8 Å². The van der Waals surface area contributed by atoms with Crippen LogP contribution >= 0.6 is 23.2 Å². The summed E-state index contributed by atoms with van der Waals surface area (Å²) >= 11 is 12.8. The summed E-state index contributed by atoms with van der Waals surface area (Å²) in [5.74, 6) is -1.54. The van der Waals surface area contributed by atoms with E-state index in [2.05, 4.69) is 19.2 Å². The van der Waals surface area contributed by atoms with Crippen molar-refractivity contribution in [1.29, 1.82) is 0 Å². The van der Waals surface area contributed by atoms with Crippen LogP contribution in [-0.2, 0) is 4.79 Å². The van der Waals surface area contributed by atoms with Crippen LogP contribution in [0.25, 0.3) is 0 Å². The minimum atomic E-state index is -0.916. The van der Waals surface area contributed by atoms with Gasteiger partial charge in [-0.1, -0.05) is 73.4 Å². The van der Waals surface area contributed by atoms with Crippen molar-refractivity contribution in [1.82, 2.24) is 4.90 Å². The minimum Gasteiger partial charge on any atom is -0.508 e. The number of halogens is 2. The van der Waals surface area contributed by atoms with E-state index >= 15 is 0 Å². The number of phenols is 1.